The van der Waals surface area contributed by atoms with Crippen LogP contribution in [0.5, 0.6) is 0 Å². The number of hydrogen-bond donors (Lipinski definition) is 1. The van der Waals surface area contributed by atoms with Gasteiger partial charge in [0.15, 0.2) is 17.5 Å². The van der Waals surface area contributed by atoms with Crippen LogP contribution in [0.3, 0.4) is 0 Å². The van der Waals surface area contributed by atoms with Crippen molar-refractivity contribution in [3.05, 3.63) is 40.9 Å². The third-order valence-electron chi connectivity index (χ3n) is 2.45. The highest BCUT2D eigenvalue weighted by atomic mass is 19.4. The van der Waals surface area contributed by atoms with Crippen molar-refractivity contribution in [3.8, 4) is 11.3 Å². The smallest absolute Gasteiger partial charge is 0.453 e. The second kappa shape index (κ2) is 4.79. The van der Waals surface area contributed by atoms with Crippen molar-refractivity contribution in [1.82, 2.24) is 5.16 Å². The van der Waals surface area contributed by atoms with E-state index in [1.807, 2.05) is 0 Å². The molecule has 1 N–H and O–H groups in total. The van der Waals surface area contributed by atoms with Gasteiger partial charge in [-0.25, -0.2) is 18.0 Å². The maximum absolute atomic E-state index is 13.5. The molecule has 0 spiro atoms. The van der Waals surface area contributed by atoms with Crippen LogP contribution in [0.25, 0.3) is 11.3 Å². The number of rotatable bonds is 2. The highest BCUT2D eigenvalue weighted by Gasteiger charge is 2.43. The number of alkyl halides is 3. The summed E-state index contributed by atoms with van der Waals surface area (Å²) in [6.07, 6.45) is -5.20. The van der Waals surface area contributed by atoms with Crippen molar-refractivity contribution in [2.75, 3.05) is 0 Å². The van der Waals surface area contributed by atoms with Crippen LogP contribution in [0.4, 0.5) is 26.3 Å². The van der Waals surface area contributed by atoms with Gasteiger partial charge >= 0.3 is 12.1 Å². The molecule has 0 saturated heterocycles. The molecule has 0 saturated carbocycles. The number of hydrogen-bond acceptors (Lipinski definition) is 3. The van der Waals surface area contributed by atoms with Crippen molar-refractivity contribution in [2.24, 2.45) is 0 Å². The van der Waals surface area contributed by atoms with E-state index in [4.69, 9.17) is 5.11 Å². The van der Waals surface area contributed by atoms with Crippen LogP contribution in [0.1, 0.15) is 16.1 Å². The van der Waals surface area contributed by atoms with E-state index in [1.165, 1.54) is 0 Å². The van der Waals surface area contributed by atoms with E-state index < -0.39 is 52.2 Å². The topological polar surface area (TPSA) is 63.3 Å². The largest absolute Gasteiger partial charge is 0.477 e. The maximum atomic E-state index is 13.5. The Balaban J connectivity index is 2.75. The van der Waals surface area contributed by atoms with E-state index >= 15 is 0 Å². The van der Waals surface area contributed by atoms with Crippen LogP contribution in [0.2, 0.25) is 0 Å². The monoisotopic (exact) mass is 311 g/mol. The Kier molecular flexibility index (Phi) is 3.39. The van der Waals surface area contributed by atoms with Gasteiger partial charge in [0.05, 0.1) is 0 Å². The molecule has 0 fully saturated rings. The zero-order valence-electron chi connectivity index (χ0n) is 9.63. The molecule has 0 unspecified atom stereocenters. The molecule has 112 valence electrons. The molecule has 0 radical (unpaired) electrons. The summed E-state index contributed by atoms with van der Waals surface area (Å²) in [6, 6.07) is 0.972. The number of nitrogens with zero attached hydrogens (tertiary/aromatic N) is 1. The SMILES string of the molecule is O=C(O)c1c(-c2ccc(F)c(F)c2F)noc1C(F)(F)F. The van der Waals surface area contributed by atoms with Gasteiger partial charge in [0.1, 0.15) is 11.3 Å². The lowest BCUT2D eigenvalue weighted by atomic mass is 10.0. The zero-order chi connectivity index (χ0) is 15.9. The normalized spacial score (nSPS) is 11.7. The predicted octanol–water partition coefficient (Wildman–Crippen LogP) is 3.48. The van der Waals surface area contributed by atoms with Gasteiger partial charge in [0.2, 0.25) is 0 Å². The maximum Gasteiger partial charge on any atom is 0.453 e. The molecule has 1 aromatic carbocycles. The van der Waals surface area contributed by atoms with Crippen LogP contribution in [-0.4, -0.2) is 16.2 Å². The first-order chi connectivity index (χ1) is 9.64. The Morgan fingerprint density at radius 2 is 1.76 bits per heavy atom. The molecule has 1 heterocycles. The number of benzene rings is 1. The Hall–Kier alpha value is -2.52. The van der Waals surface area contributed by atoms with Gasteiger partial charge < -0.3 is 9.63 Å². The lowest BCUT2D eigenvalue weighted by Crippen LogP contribution is -2.11. The average Bonchev–Trinajstić information content (AvgIpc) is 2.80. The molecule has 2 rings (SSSR count). The third kappa shape index (κ3) is 2.43. The second-order valence-electron chi connectivity index (χ2n) is 3.76. The number of aromatic nitrogens is 1. The lowest BCUT2D eigenvalue weighted by molar-refractivity contribution is -0.156. The minimum atomic E-state index is -5.20. The summed E-state index contributed by atoms with van der Waals surface area (Å²) < 4.78 is 80.9. The first-order valence-electron chi connectivity index (χ1n) is 5.08. The summed E-state index contributed by atoms with van der Waals surface area (Å²) in [5.41, 5.74) is -3.55. The van der Waals surface area contributed by atoms with Gasteiger partial charge in [-0.05, 0) is 12.1 Å². The first-order valence-corrected chi connectivity index (χ1v) is 5.08. The molecule has 4 nitrogen and oxygen atoms in total. The van der Waals surface area contributed by atoms with E-state index in [0.29, 0.717) is 12.1 Å². The van der Waals surface area contributed by atoms with E-state index in [0.717, 1.165) is 0 Å². The van der Waals surface area contributed by atoms with Crippen LogP contribution in [0, 0.1) is 17.5 Å². The summed E-state index contributed by atoms with van der Waals surface area (Å²) >= 11 is 0. The Morgan fingerprint density at radius 1 is 1.14 bits per heavy atom. The number of halogens is 6. The fourth-order valence-electron chi connectivity index (χ4n) is 1.57. The molecule has 2 aromatic rings. The minimum Gasteiger partial charge on any atom is -0.477 e. The van der Waals surface area contributed by atoms with Crippen molar-refractivity contribution in [2.45, 2.75) is 6.18 Å². The minimum absolute atomic E-state index is 0.418. The quantitative estimate of drug-likeness (QED) is 0.681. The average molecular weight is 311 g/mol. The second-order valence-corrected chi connectivity index (χ2v) is 3.76. The molecule has 0 aliphatic carbocycles. The number of carboxylic acid groups (broad SMARTS) is 1. The summed E-state index contributed by atoms with van der Waals surface area (Å²) in [5.74, 6) is -9.52. The van der Waals surface area contributed by atoms with Crippen LogP contribution in [0.15, 0.2) is 16.7 Å². The lowest BCUT2D eigenvalue weighted by Gasteiger charge is -2.04. The number of carbonyl (C=O) groups is 1. The standard InChI is InChI=1S/C11H3F6NO3/c12-4-2-1-3(6(13)7(4)14)8-5(10(19)20)9(21-18-8)11(15,16)17/h1-2H,(H,19,20). The van der Waals surface area contributed by atoms with Crippen molar-refractivity contribution in [1.29, 1.82) is 0 Å². The van der Waals surface area contributed by atoms with Gasteiger partial charge in [-0.15, -0.1) is 0 Å². The van der Waals surface area contributed by atoms with Gasteiger partial charge in [-0.2, -0.15) is 13.2 Å². The molecule has 1 aromatic heterocycles. The predicted molar refractivity (Wildman–Crippen MR) is 53.8 cm³/mol. The number of aromatic carboxylic acids is 1. The molecular weight excluding hydrogens is 308 g/mol. The molecule has 0 aliphatic rings. The van der Waals surface area contributed by atoms with Crippen LogP contribution in [-0.2, 0) is 6.18 Å². The summed E-state index contributed by atoms with van der Waals surface area (Å²) in [4.78, 5) is 10.9. The van der Waals surface area contributed by atoms with Crippen LogP contribution >= 0.6 is 0 Å². The van der Waals surface area contributed by atoms with Gasteiger partial charge in [-0.1, -0.05) is 5.16 Å². The highest BCUT2D eigenvalue weighted by Crippen LogP contribution is 2.37. The molecule has 10 heteroatoms. The fraction of sp³-hybridized carbons (Fsp3) is 0.0909. The van der Waals surface area contributed by atoms with Gasteiger partial charge in [0, 0.05) is 5.56 Å². The first kappa shape index (κ1) is 14.9. The molecular formula is C11H3F6NO3. The van der Waals surface area contributed by atoms with E-state index in [9.17, 15) is 31.1 Å². The Bertz CT molecular complexity index is 721. The van der Waals surface area contributed by atoms with E-state index in [1.54, 1.807) is 0 Å². The summed E-state index contributed by atoms with van der Waals surface area (Å²) in [5, 5.41) is 11.6. The Morgan fingerprint density at radius 3 is 2.29 bits per heavy atom. The van der Waals surface area contributed by atoms with Gasteiger partial charge in [-0.3, -0.25) is 0 Å². The van der Waals surface area contributed by atoms with Crippen molar-refractivity contribution >= 4 is 5.97 Å². The van der Waals surface area contributed by atoms with E-state index in [2.05, 4.69) is 9.68 Å². The van der Waals surface area contributed by atoms with Crippen LogP contribution < -0.4 is 0 Å². The number of carboxylic acids is 1. The van der Waals surface area contributed by atoms with E-state index in [-0.39, 0.29) is 0 Å². The molecule has 21 heavy (non-hydrogen) atoms. The third-order valence-corrected chi connectivity index (χ3v) is 2.45. The van der Waals surface area contributed by atoms with Crippen molar-refractivity contribution in [3.63, 3.8) is 0 Å². The van der Waals surface area contributed by atoms with Gasteiger partial charge in [0.25, 0.3) is 5.76 Å². The molecule has 0 atom stereocenters. The fourth-order valence-corrected chi connectivity index (χ4v) is 1.57. The van der Waals surface area contributed by atoms with Crippen molar-refractivity contribution < 1.29 is 40.8 Å². The summed E-state index contributed by atoms with van der Waals surface area (Å²) in [7, 11) is 0. The zero-order valence-corrected chi connectivity index (χ0v) is 9.63. The molecule has 0 amide bonds. The summed E-state index contributed by atoms with van der Waals surface area (Å²) in [6.45, 7) is 0. The Labute approximate surface area is 111 Å². The molecule has 0 aliphatic heterocycles. The molecule has 0 bridgehead atoms. The highest BCUT2D eigenvalue weighted by molar-refractivity contribution is 5.96.